The van der Waals surface area contributed by atoms with Crippen LogP contribution in [0.5, 0.6) is 0 Å². The molecule has 0 aliphatic carbocycles. The molecule has 0 saturated carbocycles. The number of fused-ring (bicyclic) bond motifs is 1. The molecule has 0 unspecified atom stereocenters. The number of hydrogen-bond donors (Lipinski definition) is 2. The zero-order valence-electron chi connectivity index (χ0n) is 13.6. The van der Waals surface area contributed by atoms with Gasteiger partial charge >= 0.3 is 0 Å². The van der Waals surface area contributed by atoms with Crippen LogP contribution in [0.15, 0.2) is 22.6 Å². The zero-order chi connectivity index (χ0) is 15.7. The van der Waals surface area contributed by atoms with E-state index in [-0.39, 0.29) is 30.7 Å². The molecule has 0 radical (unpaired) electrons. The van der Waals surface area contributed by atoms with Crippen molar-refractivity contribution in [3.63, 3.8) is 0 Å². The molecular weight excluding hydrogens is 355 g/mol. The van der Waals surface area contributed by atoms with E-state index in [4.69, 9.17) is 14.9 Å². The summed E-state index contributed by atoms with van der Waals surface area (Å²) in [6.45, 7) is 1.02. The minimum absolute atomic E-state index is 0. The average Bonchev–Trinajstić information content (AvgIpc) is 2.91. The standard InChI is InChI=1S/C15H20N4O3.2ClH/c1-19(2)14-18-11-9-10(3-4-12(11)22-14)17-13(20)15(16)5-7-21-8-6-15;;/h3-4,9H,5-8,16H2,1-2H3,(H,17,20);2*1H. The van der Waals surface area contributed by atoms with Crippen molar-refractivity contribution in [3.05, 3.63) is 18.2 Å². The Kier molecular flexibility index (Phi) is 6.86. The molecule has 1 amide bonds. The van der Waals surface area contributed by atoms with Gasteiger partial charge in [-0.2, -0.15) is 4.98 Å². The number of rotatable bonds is 3. The lowest BCUT2D eigenvalue weighted by atomic mass is 9.90. The van der Waals surface area contributed by atoms with Gasteiger partial charge in [0.2, 0.25) is 5.91 Å². The highest BCUT2D eigenvalue weighted by Crippen LogP contribution is 2.25. The number of benzene rings is 1. The summed E-state index contributed by atoms with van der Waals surface area (Å²) < 4.78 is 10.8. The predicted molar refractivity (Wildman–Crippen MR) is 98.4 cm³/mol. The molecule has 1 aliphatic heterocycles. The Hall–Kier alpha value is -1.54. The first-order valence-corrected chi connectivity index (χ1v) is 7.24. The van der Waals surface area contributed by atoms with Crippen molar-refractivity contribution in [2.75, 3.05) is 37.5 Å². The Morgan fingerprint density at radius 1 is 1.29 bits per heavy atom. The van der Waals surface area contributed by atoms with Gasteiger partial charge in [0.15, 0.2) is 5.58 Å². The molecule has 1 aromatic heterocycles. The SMILES string of the molecule is CN(C)c1nc2cc(NC(=O)C3(N)CCOCC3)ccc2o1.Cl.Cl. The fourth-order valence-corrected chi connectivity index (χ4v) is 2.40. The van der Waals surface area contributed by atoms with E-state index in [9.17, 15) is 4.79 Å². The van der Waals surface area contributed by atoms with Gasteiger partial charge < -0.3 is 25.1 Å². The molecular formula is C15H22Cl2N4O3. The Morgan fingerprint density at radius 2 is 1.96 bits per heavy atom. The van der Waals surface area contributed by atoms with Gasteiger partial charge in [0, 0.05) is 33.0 Å². The zero-order valence-corrected chi connectivity index (χ0v) is 15.2. The van der Waals surface area contributed by atoms with Gasteiger partial charge in [-0.1, -0.05) is 0 Å². The van der Waals surface area contributed by atoms with E-state index in [2.05, 4.69) is 10.3 Å². The Bertz CT molecular complexity index is 699. The van der Waals surface area contributed by atoms with Crippen LogP contribution in [0.2, 0.25) is 0 Å². The second-order valence-corrected chi connectivity index (χ2v) is 5.80. The van der Waals surface area contributed by atoms with E-state index < -0.39 is 5.54 Å². The molecule has 3 N–H and O–H groups in total. The number of nitrogens with zero attached hydrogens (tertiary/aromatic N) is 2. The molecule has 1 aliphatic rings. The molecule has 3 rings (SSSR count). The van der Waals surface area contributed by atoms with Crippen molar-refractivity contribution in [2.24, 2.45) is 5.73 Å². The number of oxazole rings is 1. The molecule has 1 saturated heterocycles. The lowest BCUT2D eigenvalue weighted by Gasteiger charge is -2.31. The van der Waals surface area contributed by atoms with E-state index in [0.29, 0.717) is 48.9 Å². The first-order chi connectivity index (χ1) is 10.5. The van der Waals surface area contributed by atoms with Gasteiger partial charge in [0.05, 0.1) is 0 Å². The quantitative estimate of drug-likeness (QED) is 0.852. The van der Waals surface area contributed by atoms with Crippen LogP contribution < -0.4 is 16.0 Å². The molecule has 0 spiro atoms. The summed E-state index contributed by atoms with van der Waals surface area (Å²) in [5, 5.41) is 2.87. The smallest absolute Gasteiger partial charge is 0.297 e. The predicted octanol–water partition coefficient (Wildman–Crippen LogP) is 2.18. The summed E-state index contributed by atoms with van der Waals surface area (Å²) in [6, 6.07) is 5.89. The van der Waals surface area contributed by atoms with Crippen molar-refractivity contribution in [1.82, 2.24) is 4.98 Å². The van der Waals surface area contributed by atoms with Crippen LogP contribution in [0.3, 0.4) is 0 Å². The Morgan fingerprint density at radius 3 is 2.58 bits per heavy atom. The first-order valence-electron chi connectivity index (χ1n) is 7.24. The van der Waals surface area contributed by atoms with Gasteiger partial charge in [-0.15, -0.1) is 24.8 Å². The van der Waals surface area contributed by atoms with Crippen LogP contribution in [0, 0.1) is 0 Å². The number of hydrogen-bond acceptors (Lipinski definition) is 6. The third kappa shape index (κ3) is 4.10. The molecule has 134 valence electrons. The average molecular weight is 377 g/mol. The maximum absolute atomic E-state index is 12.4. The molecule has 9 heteroatoms. The van der Waals surface area contributed by atoms with Gasteiger partial charge in [-0.3, -0.25) is 4.79 Å². The number of aromatic nitrogens is 1. The minimum atomic E-state index is -0.869. The number of ether oxygens (including phenoxy) is 1. The van der Waals surface area contributed by atoms with E-state index in [0.717, 1.165) is 0 Å². The fourth-order valence-electron chi connectivity index (χ4n) is 2.40. The second kappa shape index (κ2) is 8.02. The molecule has 0 bridgehead atoms. The summed E-state index contributed by atoms with van der Waals surface area (Å²) in [7, 11) is 3.72. The Labute approximate surface area is 152 Å². The van der Waals surface area contributed by atoms with E-state index in [1.165, 1.54) is 0 Å². The monoisotopic (exact) mass is 376 g/mol. The van der Waals surface area contributed by atoms with Crippen LogP contribution in [-0.4, -0.2) is 43.7 Å². The highest BCUT2D eigenvalue weighted by Gasteiger charge is 2.35. The third-order valence-corrected chi connectivity index (χ3v) is 3.85. The maximum atomic E-state index is 12.4. The fraction of sp³-hybridized carbons (Fsp3) is 0.467. The van der Waals surface area contributed by atoms with Crippen molar-refractivity contribution in [2.45, 2.75) is 18.4 Å². The normalized spacial score (nSPS) is 16.0. The van der Waals surface area contributed by atoms with Gasteiger partial charge in [-0.25, -0.2) is 0 Å². The second-order valence-electron chi connectivity index (χ2n) is 5.80. The lowest BCUT2D eigenvalue weighted by molar-refractivity contribution is -0.124. The third-order valence-electron chi connectivity index (χ3n) is 3.85. The summed E-state index contributed by atoms with van der Waals surface area (Å²) >= 11 is 0. The molecule has 0 atom stereocenters. The molecule has 24 heavy (non-hydrogen) atoms. The number of anilines is 2. The number of carbonyl (C=O) groups excluding carboxylic acids is 1. The van der Waals surface area contributed by atoms with E-state index >= 15 is 0 Å². The van der Waals surface area contributed by atoms with Crippen LogP contribution in [0.25, 0.3) is 11.1 Å². The van der Waals surface area contributed by atoms with E-state index in [1.54, 1.807) is 23.1 Å². The first kappa shape index (κ1) is 20.5. The number of nitrogens with two attached hydrogens (primary N) is 1. The van der Waals surface area contributed by atoms with Crippen LogP contribution >= 0.6 is 24.8 Å². The number of amides is 1. The molecule has 2 heterocycles. The number of nitrogens with one attached hydrogen (secondary N) is 1. The summed E-state index contributed by atoms with van der Waals surface area (Å²) in [6.07, 6.45) is 1.05. The van der Waals surface area contributed by atoms with Crippen LogP contribution in [-0.2, 0) is 9.53 Å². The highest BCUT2D eigenvalue weighted by molar-refractivity contribution is 5.99. The largest absolute Gasteiger partial charge is 0.423 e. The molecule has 7 nitrogen and oxygen atoms in total. The molecule has 1 fully saturated rings. The van der Waals surface area contributed by atoms with Gasteiger partial charge in [0.1, 0.15) is 11.1 Å². The number of carbonyl (C=O) groups is 1. The van der Waals surface area contributed by atoms with Crippen LogP contribution in [0.4, 0.5) is 11.7 Å². The van der Waals surface area contributed by atoms with Crippen LogP contribution in [0.1, 0.15) is 12.8 Å². The summed E-state index contributed by atoms with van der Waals surface area (Å²) in [5.74, 6) is -0.188. The van der Waals surface area contributed by atoms with Gasteiger partial charge in [-0.05, 0) is 31.0 Å². The maximum Gasteiger partial charge on any atom is 0.297 e. The topological polar surface area (TPSA) is 93.6 Å². The highest BCUT2D eigenvalue weighted by atomic mass is 35.5. The summed E-state index contributed by atoms with van der Waals surface area (Å²) in [5.41, 5.74) is 7.33. The summed E-state index contributed by atoms with van der Waals surface area (Å²) in [4.78, 5) is 18.5. The minimum Gasteiger partial charge on any atom is -0.423 e. The molecule has 2 aromatic rings. The van der Waals surface area contributed by atoms with E-state index in [1.807, 2.05) is 14.1 Å². The van der Waals surface area contributed by atoms with Crippen molar-refractivity contribution in [3.8, 4) is 0 Å². The van der Waals surface area contributed by atoms with Crippen molar-refractivity contribution < 1.29 is 13.9 Å². The van der Waals surface area contributed by atoms with Crippen molar-refractivity contribution in [1.29, 1.82) is 0 Å². The Balaban J connectivity index is 0.00000144. The van der Waals surface area contributed by atoms with Crippen molar-refractivity contribution >= 4 is 53.5 Å². The lowest BCUT2D eigenvalue weighted by Crippen LogP contribution is -2.54. The van der Waals surface area contributed by atoms with Gasteiger partial charge in [0.25, 0.3) is 6.01 Å². The number of halogens is 2. The molecule has 1 aromatic carbocycles.